The molecule has 0 N–H and O–H groups in total. The maximum absolute atomic E-state index is 12.7. The molecule has 2 atom stereocenters. The Hall–Kier alpha value is -0.500. The van der Waals surface area contributed by atoms with Crippen LogP contribution in [0.25, 0.3) is 0 Å². The lowest BCUT2D eigenvalue weighted by atomic mass is 10.0. The molecule has 0 aromatic rings. The first-order chi connectivity index (χ1) is 27.6. The zero-order valence-corrected chi connectivity index (χ0v) is 39.7. The Morgan fingerprint density at radius 3 is 1.16 bits per heavy atom. The van der Waals surface area contributed by atoms with Crippen LogP contribution in [-0.4, -0.2) is 70.7 Å². The van der Waals surface area contributed by atoms with Crippen LogP contribution in [0.15, 0.2) is 0 Å². The fourth-order valence-corrected chi connectivity index (χ4v) is 8.04. The molecule has 0 spiro atoms. The molecular formula is C48H98NO7P. The molecule has 0 radical (unpaired) electrons. The van der Waals surface area contributed by atoms with Crippen LogP contribution in [0.4, 0.5) is 0 Å². The Kier molecular flexibility index (Phi) is 41.8. The molecule has 0 heterocycles. The average molecular weight is 832 g/mol. The highest BCUT2D eigenvalue weighted by atomic mass is 31.2. The quantitative estimate of drug-likeness (QED) is 0.0261. The van der Waals surface area contributed by atoms with Crippen molar-refractivity contribution in [3.05, 3.63) is 0 Å². The lowest BCUT2D eigenvalue weighted by Gasteiger charge is -2.28. The maximum Gasteiger partial charge on any atom is 0.306 e. The third-order valence-corrected chi connectivity index (χ3v) is 12.1. The number of carbonyl (C=O) groups excluding carboxylic acids is 1. The number of hydrogen-bond donors (Lipinski definition) is 0. The van der Waals surface area contributed by atoms with Crippen LogP contribution in [0, 0.1) is 0 Å². The first-order valence-electron chi connectivity index (χ1n) is 24.8. The predicted octanol–water partition coefficient (Wildman–Crippen LogP) is 14.2. The number of esters is 1. The lowest BCUT2D eigenvalue weighted by molar-refractivity contribution is -0.870. The second kappa shape index (κ2) is 42.2. The molecule has 0 fully saturated rings. The summed E-state index contributed by atoms with van der Waals surface area (Å²) in [6.07, 6.45) is 45.5. The summed E-state index contributed by atoms with van der Waals surface area (Å²) >= 11 is 0. The second-order valence-corrected chi connectivity index (χ2v) is 19.6. The van der Waals surface area contributed by atoms with Gasteiger partial charge in [-0.2, -0.15) is 0 Å². The van der Waals surface area contributed by atoms with Crippen LogP contribution in [0.5, 0.6) is 0 Å². The molecule has 57 heavy (non-hydrogen) atoms. The van der Waals surface area contributed by atoms with E-state index in [-0.39, 0.29) is 25.8 Å². The molecule has 342 valence electrons. The first-order valence-corrected chi connectivity index (χ1v) is 26.2. The summed E-state index contributed by atoms with van der Waals surface area (Å²) in [4.78, 5) is 25.1. The first kappa shape index (κ1) is 56.5. The lowest BCUT2D eigenvalue weighted by Crippen LogP contribution is -2.37. The molecule has 9 heteroatoms. The van der Waals surface area contributed by atoms with E-state index in [1.165, 1.54) is 193 Å². The molecule has 2 unspecified atom stereocenters. The van der Waals surface area contributed by atoms with Crippen LogP contribution in [0.2, 0.25) is 0 Å². The highest BCUT2D eigenvalue weighted by Gasteiger charge is 2.20. The molecule has 0 saturated carbocycles. The highest BCUT2D eigenvalue weighted by Crippen LogP contribution is 2.38. The topological polar surface area (TPSA) is 94.1 Å². The van der Waals surface area contributed by atoms with E-state index in [1.54, 1.807) is 0 Å². The zero-order chi connectivity index (χ0) is 42.0. The van der Waals surface area contributed by atoms with Crippen molar-refractivity contribution in [2.24, 2.45) is 0 Å². The van der Waals surface area contributed by atoms with Gasteiger partial charge < -0.3 is 27.9 Å². The molecule has 0 bridgehead atoms. The average Bonchev–Trinajstić information content (AvgIpc) is 3.16. The van der Waals surface area contributed by atoms with Gasteiger partial charge in [0, 0.05) is 13.0 Å². The van der Waals surface area contributed by atoms with Crippen molar-refractivity contribution in [3.8, 4) is 0 Å². The Labute approximate surface area is 355 Å². The van der Waals surface area contributed by atoms with Crippen molar-refractivity contribution >= 4 is 13.8 Å². The molecule has 8 nitrogen and oxygen atoms in total. The molecule has 0 saturated heterocycles. The van der Waals surface area contributed by atoms with Crippen molar-refractivity contribution in [1.82, 2.24) is 0 Å². The van der Waals surface area contributed by atoms with E-state index in [1.807, 2.05) is 21.1 Å². The summed E-state index contributed by atoms with van der Waals surface area (Å²) in [5.74, 6) is -0.326. The van der Waals surface area contributed by atoms with E-state index in [2.05, 4.69) is 13.8 Å². The molecule has 0 amide bonds. The number of carbonyl (C=O) groups is 1. The predicted molar refractivity (Wildman–Crippen MR) is 241 cm³/mol. The van der Waals surface area contributed by atoms with Gasteiger partial charge in [-0.05, 0) is 12.8 Å². The van der Waals surface area contributed by atoms with Crippen LogP contribution < -0.4 is 4.89 Å². The van der Waals surface area contributed by atoms with E-state index in [0.29, 0.717) is 24.1 Å². The Morgan fingerprint density at radius 2 is 0.807 bits per heavy atom. The molecular weight excluding hydrogens is 734 g/mol. The summed E-state index contributed by atoms with van der Waals surface area (Å²) in [5.41, 5.74) is 0. The Balaban J connectivity index is 4.06. The van der Waals surface area contributed by atoms with Gasteiger partial charge in [0.25, 0.3) is 7.82 Å². The van der Waals surface area contributed by atoms with Crippen molar-refractivity contribution in [2.75, 3.05) is 54.1 Å². The number of hydrogen-bond acceptors (Lipinski definition) is 7. The summed E-state index contributed by atoms with van der Waals surface area (Å²) in [6.45, 7) is 5.48. The SMILES string of the molecule is CCCCCCCCCCCCCCCCCCCCCCCCC(=O)OC(COCCCCCCCCCCCCCCC)COP(=O)([O-])OCC[N+](C)(C)C. The Morgan fingerprint density at radius 1 is 0.474 bits per heavy atom. The van der Waals surface area contributed by atoms with Crippen LogP contribution in [-0.2, 0) is 27.9 Å². The van der Waals surface area contributed by atoms with Gasteiger partial charge >= 0.3 is 5.97 Å². The minimum absolute atomic E-state index is 0.0315. The number of phosphoric ester groups is 1. The Bertz CT molecular complexity index is 883. The van der Waals surface area contributed by atoms with Crippen molar-refractivity contribution < 1.29 is 37.3 Å². The molecule has 0 aromatic heterocycles. The monoisotopic (exact) mass is 832 g/mol. The maximum atomic E-state index is 12.7. The summed E-state index contributed by atoms with van der Waals surface area (Å²) in [5, 5.41) is 0. The number of rotatable bonds is 47. The van der Waals surface area contributed by atoms with Crippen LogP contribution >= 0.6 is 7.82 Å². The molecule has 0 rings (SSSR count). The van der Waals surface area contributed by atoms with E-state index < -0.39 is 13.9 Å². The van der Waals surface area contributed by atoms with E-state index in [0.717, 1.165) is 32.1 Å². The second-order valence-electron chi connectivity index (χ2n) is 18.2. The molecule has 0 aliphatic heterocycles. The number of likely N-dealkylation sites (N-methyl/N-ethyl adjacent to an activating group) is 1. The largest absolute Gasteiger partial charge is 0.756 e. The number of ether oxygens (including phenoxy) is 2. The van der Waals surface area contributed by atoms with Crippen molar-refractivity contribution in [1.29, 1.82) is 0 Å². The summed E-state index contributed by atoms with van der Waals surface area (Å²) < 4.78 is 34.7. The minimum atomic E-state index is -4.52. The third-order valence-electron chi connectivity index (χ3n) is 11.2. The van der Waals surface area contributed by atoms with E-state index in [9.17, 15) is 14.3 Å². The standard InChI is InChI=1S/C48H98NO7P/c1-6-8-10-12-14-16-18-20-21-22-23-24-25-26-27-28-29-31-33-35-37-39-41-48(50)56-47(46-55-57(51,52)54-44-42-49(3,4)5)45-53-43-40-38-36-34-32-30-19-17-15-13-11-9-7-2/h47H,6-46H2,1-5H3. The number of phosphoric acid groups is 1. The summed E-state index contributed by atoms with van der Waals surface area (Å²) in [6, 6.07) is 0. The van der Waals surface area contributed by atoms with Crippen LogP contribution in [0.1, 0.15) is 245 Å². The van der Waals surface area contributed by atoms with Gasteiger partial charge in [-0.3, -0.25) is 9.36 Å². The normalized spacial score (nSPS) is 13.6. The smallest absolute Gasteiger partial charge is 0.306 e. The molecule has 0 aliphatic rings. The minimum Gasteiger partial charge on any atom is -0.756 e. The fraction of sp³-hybridized carbons (Fsp3) is 0.979. The van der Waals surface area contributed by atoms with E-state index in [4.69, 9.17) is 18.5 Å². The van der Waals surface area contributed by atoms with Gasteiger partial charge in [-0.1, -0.05) is 226 Å². The summed E-state index contributed by atoms with van der Waals surface area (Å²) in [7, 11) is 1.38. The van der Waals surface area contributed by atoms with Gasteiger partial charge in [0.15, 0.2) is 0 Å². The number of unbranched alkanes of at least 4 members (excludes halogenated alkanes) is 33. The van der Waals surface area contributed by atoms with Crippen LogP contribution in [0.3, 0.4) is 0 Å². The number of quaternary nitrogens is 1. The highest BCUT2D eigenvalue weighted by molar-refractivity contribution is 7.45. The van der Waals surface area contributed by atoms with Crippen molar-refractivity contribution in [3.63, 3.8) is 0 Å². The van der Waals surface area contributed by atoms with Gasteiger partial charge in [0.2, 0.25) is 0 Å². The number of nitrogens with zero attached hydrogens (tertiary/aromatic N) is 1. The molecule has 0 aliphatic carbocycles. The van der Waals surface area contributed by atoms with Gasteiger partial charge in [-0.25, -0.2) is 0 Å². The zero-order valence-electron chi connectivity index (χ0n) is 38.8. The van der Waals surface area contributed by atoms with E-state index >= 15 is 0 Å². The fourth-order valence-electron chi connectivity index (χ4n) is 7.31. The van der Waals surface area contributed by atoms with Crippen molar-refractivity contribution in [2.45, 2.75) is 251 Å². The molecule has 0 aromatic carbocycles. The van der Waals surface area contributed by atoms with Gasteiger partial charge in [-0.15, -0.1) is 0 Å². The van der Waals surface area contributed by atoms with Gasteiger partial charge in [0.05, 0.1) is 34.4 Å². The van der Waals surface area contributed by atoms with Gasteiger partial charge in [0.1, 0.15) is 19.3 Å². The third kappa shape index (κ3) is 46.4.